The van der Waals surface area contributed by atoms with Gasteiger partial charge in [-0.2, -0.15) is 0 Å². The van der Waals surface area contributed by atoms with Crippen LogP contribution in [0.2, 0.25) is 0 Å². The van der Waals surface area contributed by atoms with Gasteiger partial charge in [0.15, 0.2) is 0 Å². The van der Waals surface area contributed by atoms with Crippen molar-refractivity contribution in [3.05, 3.63) is 90.0 Å². The molecule has 0 aliphatic carbocycles. The first-order valence-corrected chi connectivity index (χ1v) is 11.0. The summed E-state index contributed by atoms with van der Waals surface area (Å²) in [6.45, 7) is -0.0341. The Bertz CT molecular complexity index is 1230. The number of halogens is 2. The van der Waals surface area contributed by atoms with E-state index in [0.29, 0.717) is 11.3 Å². The predicted molar refractivity (Wildman–Crippen MR) is 123 cm³/mol. The Balaban J connectivity index is 1.35. The monoisotopic (exact) mass is 463 g/mol. The lowest BCUT2D eigenvalue weighted by Crippen LogP contribution is -2.73. The van der Waals surface area contributed by atoms with Gasteiger partial charge < -0.3 is 20.2 Å². The van der Waals surface area contributed by atoms with Crippen molar-refractivity contribution in [3.8, 4) is 11.1 Å². The number of hydrogen-bond donors (Lipinski definition) is 2. The highest BCUT2D eigenvalue weighted by Crippen LogP contribution is 2.43. The molecule has 3 aromatic rings. The summed E-state index contributed by atoms with van der Waals surface area (Å²) in [4.78, 5) is 28.6. The van der Waals surface area contributed by atoms with Gasteiger partial charge in [-0.1, -0.05) is 48.5 Å². The zero-order chi connectivity index (χ0) is 23.8. The van der Waals surface area contributed by atoms with Crippen LogP contribution in [0.5, 0.6) is 0 Å². The molecule has 5 rings (SSSR count). The summed E-state index contributed by atoms with van der Waals surface area (Å²) >= 11 is 0. The standard InChI is InChI=1S/C26H23F2N3O3/c27-18-4-3-5-19(12-18)29-26(34)30-13-22-25(23(15-32)31(22)24(33)14-30)17-10-8-16(9-11-17)20-6-1-2-7-21(20)28/h1-12,22-23,25,32H,13-15H2,(H,29,34)/t22-,23-,25+/m0/s1. The molecular weight excluding hydrogens is 440 g/mol. The third-order valence-corrected chi connectivity index (χ3v) is 6.60. The molecule has 0 bridgehead atoms. The number of amides is 3. The van der Waals surface area contributed by atoms with Crippen LogP contribution in [0, 0.1) is 11.6 Å². The molecule has 8 heteroatoms. The molecule has 0 spiro atoms. The molecule has 3 aromatic carbocycles. The lowest BCUT2D eigenvalue weighted by Gasteiger charge is -2.58. The van der Waals surface area contributed by atoms with Crippen LogP contribution in [-0.2, 0) is 4.79 Å². The number of piperazine rings is 1. The highest BCUT2D eigenvalue weighted by molar-refractivity contribution is 5.93. The number of aliphatic hydroxyl groups excluding tert-OH is 1. The van der Waals surface area contributed by atoms with Gasteiger partial charge in [0.25, 0.3) is 0 Å². The molecule has 0 radical (unpaired) electrons. The van der Waals surface area contributed by atoms with Crippen molar-refractivity contribution in [3.63, 3.8) is 0 Å². The Kier molecular flexibility index (Phi) is 5.75. The molecule has 2 aliphatic heterocycles. The molecule has 0 aromatic heterocycles. The summed E-state index contributed by atoms with van der Waals surface area (Å²) in [6, 6.07) is 18.3. The zero-order valence-electron chi connectivity index (χ0n) is 18.2. The Labute approximate surface area is 195 Å². The number of carbonyl (C=O) groups excluding carboxylic acids is 2. The van der Waals surface area contributed by atoms with Gasteiger partial charge in [-0.3, -0.25) is 4.79 Å². The number of urea groups is 1. The minimum Gasteiger partial charge on any atom is -0.394 e. The summed E-state index contributed by atoms with van der Waals surface area (Å²) in [6.07, 6.45) is 0. The van der Waals surface area contributed by atoms with Gasteiger partial charge in [0, 0.05) is 23.7 Å². The molecule has 3 amide bonds. The van der Waals surface area contributed by atoms with E-state index in [4.69, 9.17) is 0 Å². The molecule has 0 saturated carbocycles. The van der Waals surface area contributed by atoms with Crippen molar-refractivity contribution in [1.82, 2.24) is 9.80 Å². The topological polar surface area (TPSA) is 72.9 Å². The van der Waals surface area contributed by atoms with Crippen LogP contribution < -0.4 is 5.32 Å². The largest absolute Gasteiger partial charge is 0.394 e. The van der Waals surface area contributed by atoms with Crippen LogP contribution in [0.1, 0.15) is 11.5 Å². The summed E-state index contributed by atoms with van der Waals surface area (Å²) in [5, 5.41) is 12.6. The predicted octanol–water partition coefficient (Wildman–Crippen LogP) is 3.83. The lowest BCUT2D eigenvalue weighted by molar-refractivity contribution is -0.159. The van der Waals surface area contributed by atoms with Crippen molar-refractivity contribution in [1.29, 1.82) is 0 Å². The highest BCUT2D eigenvalue weighted by atomic mass is 19.1. The Morgan fingerprint density at radius 3 is 2.50 bits per heavy atom. The van der Waals surface area contributed by atoms with Crippen molar-refractivity contribution in [2.75, 3.05) is 25.0 Å². The van der Waals surface area contributed by atoms with Crippen molar-refractivity contribution in [2.24, 2.45) is 0 Å². The third-order valence-electron chi connectivity index (χ3n) is 6.60. The fraction of sp³-hybridized carbons (Fsp3) is 0.231. The molecule has 2 heterocycles. The van der Waals surface area contributed by atoms with Crippen LogP contribution in [-0.4, -0.2) is 58.6 Å². The number of nitrogens with zero attached hydrogens (tertiary/aromatic N) is 2. The summed E-state index contributed by atoms with van der Waals surface area (Å²) in [7, 11) is 0. The van der Waals surface area contributed by atoms with Crippen LogP contribution in [0.25, 0.3) is 11.1 Å². The van der Waals surface area contributed by atoms with E-state index in [9.17, 15) is 23.5 Å². The van der Waals surface area contributed by atoms with E-state index >= 15 is 0 Å². The first-order chi connectivity index (χ1) is 16.5. The molecule has 6 nitrogen and oxygen atoms in total. The van der Waals surface area contributed by atoms with E-state index in [1.54, 1.807) is 29.2 Å². The maximum atomic E-state index is 14.1. The quantitative estimate of drug-likeness (QED) is 0.618. The zero-order valence-corrected chi connectivity index (χ0v) is 18.2. The fourth-order valence-electron chi connectivity index (χ4n) is 5.00. The van der Waals surface area contributed by atoms with Gasteiger partial charge in [0.1, 0.15) is 18.2 Å². The second-order valence-electron chi connectivity index (χ2n) is 8.57. The minimum absolute atomic E-state index is 0.118. The van der Waals surface area contributed by atoms with Crippen LogP contribution in [0.15, 0.2) is 72.8 Å². The third kappa shape index (κ3) is 3.90. The number of fused-ring (bicyclic) bond motifs is 1. The van der Waals surface area contributed by atoms with Gasteiger partial charge in [-0.05, 0) is 35.4 Å². The molecule has 174 valence electrons. The average molecular weight is 463 g/mol. The van der Waals surface area contributed by atoms with Gasteiger partial charge >= 0.3 is 6.03 Å². The van der Waals surface area contributed by atoms with Crippen molar-refractivity contribution >= 4 is 17.6 Å². The van der Waals surface area contributed by atoms with E-state index in [2.05, 4.69) is 5.32 Å². The number of benzene rings is 3. The van der Waals surface area contributed by atoms with Crippen LogP contribution in [0.3, 0.4) is 0 Å². The number of anilines is 1. The maximum absolute atomic E-state index is 14.1. The molecule has 0 unspecified atom stereocenters. The molecule has 3 atom stereocenters. The number of nitrogens with one attached hydrogen (secondary N) is 1. The Morgan fingerprint density at radius 2 is 1.79 bits per heavy atom. The van der Waals surface area contributed by atoms with E-state index in [-0.39, 0.29) is 49.4 Å². The molecule has 2 aliphatic rings. The second-order valence-corrected chi connectivity index (χ2v) is 8.57. The smallest absolute Gasteiger partial charge is 0.322 e. The van der Waals surface area contributed by atoms with Crippen LogP contribution in [0.4, 0.5) is 19.3 Å². The van der Waals surface area contributed by atoms with Crippen molar-refractivity contribution in [2.45, 2.75) is 18.0 Å². The first kappa shape index (κ1) is 22.0. The fourth-order valence-corrected chi connectivity index (χ4v) is 5.00. The molecular formula is C26H23F2N3O3. The number of hydrogen-bond acceptors (Lipinski definition) is 3. The molecule has 2 fully saturated rings. The first-order valence-electron chi connectivity index (χ1n) is 11.0. The minimum atomic E-state index is -0.486. The van der Waals surface area contributed by atoms with E-state index in [1.807, 2.05) is 24.3 Å². The average Bonchev–Trinajstić information content (AvgIpc) is 2.81. The van der Waals surface area contributed by atoms with Gasteiger partial charge in [-0.15, -0.1) is 0 Å². The van der Waals surface area contributed by atoms with Crippen molar-refractivity contribution < 1.29 is 23.5 Å². The van der Waals surface area contributed by atoms with Gasteiger partial charge in [-0.25, -0.2) is 13.6 Å². The normalized spacial score (nSPS) is 21.6. The maximum Gasteiger partial charge on any atom is 0.322 e. The van der Waals surface area contributed by atoms with Gasteiger partial charge in [0.2, 0.25) is 5.91 Å². The van der Waals surface area contributed by atoms with Gasteiger partial charge in [0.05, 0.1) is 18.7 Å². The number of rotatable bonds is 4. The molecule has 2 N–H and O–H groups in total. The highest BCUT2D eigenvalue weighted by Gasteiger charge is 2.54. The SMILES string of the molecule is O=C(Nc1cccc(F)c1)N1CC(=O)N2[C@@H](CO)[C@H](c3ccc(-c4ccccc4F)cc3)[C@@H]2C1. The summed E-state index contributed by atoms with van der Waals surface area (Å²) < 4.78 is 27.6. The number of aliphatic hydroxyl groups is 1. The second kappa shape index (κ2) is 8.87. The number of carbonyl (C=O) groups is 2. The van der Waals surface area contributed by atoms with E-state index < -0.39 is 11.8 Å². The van der Waals surface area contributed by atoms with E-state index in [0.717, 1.165) is 11.1 Å². The lowest BCUT2D eigenvalue weighted by atomic mass is 9.73. The molecule has 2 saturated heterocycles. The Hall–Kier alpha value is -3.78. The van der Waals surface area contributed by atoms with E-state index in [1.165, 1.54) is 29.2 Å². The Morgan fingerprint density at radius 1 is 1.03 bits per heavy atom. The summed E-state index contributed by atoms with van der Waals surface area (Å²) in [5.74, 6) is -1.20. The van der Waals surface area contributed by atoms with Crippen LogP contribution >= 0.6 is 0 Å². The molecule has 34 heavy (non-hydrogen) atoms. The summed E-state index contributed by atoms with van der Waals surface area (Å²) in [5.41, 5.74) is 2.44.